The van der Waals surface area contributed by atoms with Crippen molar-refractivity contribution >= 4 is 23.2 Å². The van der Waals surface area contributed by atoms with Crippen LogP contribution in [0.5, 0.6) is 0 Å². The highest BCUT2D eigenvalue weighted by Gasteiger charge is 2.15. The Bertz CT molecular complexity index is 944. The first-order valence-electron chi connectivity index (χ1n) is 10.1. The van der Waals surface area contributed by atoms with Gasteiger partial charge >= 0.3 is 0 Å². The van der Waals surface area contributed by atoms with Gasteiger partial charge < -0.3 is 19.7 Å². The van der Waals surface area contributed by atoms with Crippen molar-refractivity contribution in [2.24, 2.45) is 0 Å². The summed E-state index contributed by atoms with van der Waals surface area (Å²) in [6.45, 7) is 8.65. The lowest BCUT2D eigenvalue weighted by atomic mass is 10.2. The fraction of sp³-hybridized carbons (Fsp3) is 0.500. The fourth-order valence-electron chi connectivity index (χ4n) is 2.53. The zero-order valence-corrected chi connectivity index (χ0v) is 18.8. The summed E-state index contributed by atoms with van der Waals surface area (Å²) in [5.74, 6) is 2.14. The van der Waals surface area contributed by atoms with E-state index in [0.717, 1.165) is 11.3 Å². The molecule has 3 heterocycles. The molecule has 0 aliphatic heterocycles. The monoisotopic (exact) mass is 446 g/mol. The third-order valence-electron chi connectivity index (χ3n) is 4.30. The molecule has 3 aromatic heterocycles. The van der Waals surface area contributed by atoms with E-state index in [1.807, 2.05) is 27.7 Å². The molecule has 2 amide bonds. The molecule has 2 N–H and O–H groups in total. The maximum Gasteiger partial charge on any atom is 0.261 e. The van der Waals surface area contributed by atoms with Crippen LogP contribution in [-0.2, 0) is 12.8 Å². The third-order valence-corrected chi connectivity index (χ3v) is 5.39. The summed E-state index contributed by atoms with van der Waals surface area (Å²) in [5, 5.41) is 13.4. The van der Waals surface area contributed by atoms with Crippen molar-refractivity contribution in [2.75, 3.05) is 13.1 Å². The minimum absolute atomic E-state index is 0.187. The number of carbonyl (C=O) groups is 2. The van der Waals surface area contributed by atoms with Gasteiger partial charge in [0, 0.05) is 37.8 Å². The molecule has 31 heavy (non-hydrogen) atoms. The van der Waals surface area contributed by atoms with Gasteiger partial charge in [0.1, 0.15) is 0 Å². The quantitative estimate of drug-likeness (QED) is 0.485. The molecule has 0 bridgehead atoms. The van der Waals surface area contributed by atoms with Crippen LogP contribution in [0.1, 0.15) is 82.3 Å². The lowest BCUT2D eigenvalue weighted by Gasteiger charge is -2.02. The minimum atomic E-state index is -0.250. The number of rotatable bonds is 10. The molecule has 0 fully saturated rings. The summed E-state index contributed by atoms with van der Waals surface area (Å²) >= 11 is 1.13. The zero-order valence-electron chi connectivity index (χ0n) is 18.0. The van der Waals surface area contributed by atoms with Crippen LogP contribution >= 0.6 is 11.3 Å². The maximum absolute atomic E-state index is 12.3. The van der Waals surface area contributed by atoms with Crippen LogP contribution in [0.2, 0.25) is 0 Å². The molecular formula is C20H26N6O4S. The largest absolute Gasteiger partial charge is 0.351 e. The van der Waals surface area contributed by atoms with Gasteiger partial charge in [-0.2, -0.15) is 9.97 Å². The van der Waals surface area contributed by atoms with Crippen LogP contribution in [0.3, 0.4) is 0 Å². The molecule has 0 aliphatic carbocycles. The summed E-state index contributed by atoms with van der Waals surface area (Å²) in [7, 11) is 0. The van der Waals surface area contributed by atoms with Crippen molar-refractivity contribution in [3.63, 3.8) is 0 Å². The SMILES string of the molecule is CC(C)c1noc(CCNC(=O)c2ccc(C(=O)NCCc3nc(C(C)C)no3)s2)n1. The van der Waals surface area contributed by atoms with E-state index < -0.39 is 0 Å². The third kappa shape index (κ3) is 6.20. The van der Waals surface area contributed by atoms with E-state index in [9.17, 15) is 9.59 Å². The Labute approximate surface area is 183 Å². The smallest absolute Gasteiger partial charge is 0.261 e. The molecule has 0 atom stereocenters. The van der Waals surface area contributed by atoms with E-state index in [1.165, 1.54) is 0 Å². The summed E-state index contributed by atoms with van der Waals surface area (Å²) in [4.78, 5) is 34.1. The van der Waals surface area contributed by atoms with E-state index in [1.54, 1.807) is 12.1 Å². The standard InChI is InChI=1S/C20H26N6O4S/c1-11(2)17-23-15(29-25-17)7-9-21-19(27)13-5-6-14(31-13)20(28)22-10-8-16-24-18(12(3)4)26-30-16/h5-6,11-12H,7-10H2,1-4H3,(H,21,27)(H,22,28). The van der Waals surface area contributed by atoms with Gasteiger partial charge in [-0.3, -0.25) is 9.59 Å². The predicted octanol–water partition coefficient (Wildman–Crippen LogP) is 2.71. The average Bonchev–Trinajstić information content (AvgIpc) is 3.48. The van der Waals surface area contributed by atoms with E-state index in [0.29, 0.717) is 59.1 Å². The molecule has 0 unspecified atom stereocenters. The second kappa shape index (κ2) is 10.3. The normalized spacial score (nSPS) is 11.3. The number of hydrogen-bond donors (Lipinski definition) is 2. The van der Waals surface area contributed by atoms with Crippen molar-refractivity contribution in [3.8, 4) is 0 Å². The Morgan fingerprint density at radius 3 is 1.61 bits per heavy atom. The van der Waals surface area contributed by atoms with Crippen LogP contribution in [-0.4, -0.2) is 45.2 Å². The van der Waals surface area contributed by atoms with Gasteiger partial charge in [0.25, 0.3) is 11.8 Å². The maximum atomic E-state index is 12.3. The average molecular weight is 447 g/mol. The van der Waals surface area contributed by atoms with Crippen LogP contribution in [0, 0.1) is 0 Å². The summed E-state index contributed by atoms with van der Waals surface area (Å²) in [6.07, 6.45) is 0.886. The molecule has 3 rings (SSSR count). The first-order valence-corrected chi connectivity index (χ1v) is 11.0. The molecule has 0 aromatic carbocycles. The van der Waals surface area contributed by atoms with Crippen LogP contribution < -0.4 is 10.6 Å². The molecule has 3 aromatic rings. The van der Waals surface area contributed by atoms with E-state index in [4.69, 9.17) is 9.05 Å². The topological polar surface area (TPSA) is 136 Å². The van der Waals surface area contributed by atoms with Crippen molar-refractivity contribution in [3.05, 3.63) is 45.3 Å². The molecule has 0 spiro atoms. The van der Waals surface area contributed by atoms with Gasteiger partial charge in [-0.15, -0.1) is 11.3 Å². The number of hydrogen-bond acceptors (Lipinski definition) is 9. The number of aromatic nitrogens is 4. The van der Waals surface area contributed by atoms with E-state index >= 15 is 0 Å². The highest BCUT2D eigenvalue weighted by atomic mass is 32.1. The molecule has 0 saturated carbocycles. The Morgan fingerprint density at radius 1 is 0.839 bits per heavy atom. The minimum Gasteiger partial charge on any atom is -0.351 e. The van der Waals surface area contributed by atoms with Crippen LogP contribution in [0.4, 0.5) is 0 Å². The van der Waals surface area contributed by atoms with Gasteiger partial charge in [-0.1, -0.05) is 38.0 Å². The number of amides is 2. The molecule has 11 heteroatoms. The lowest BCUT2D eigenvalue weighted by Crippen LogP contribution is -2.25. The number of thiophene rings is 1. The number of carbonyl (C=O) groups excluding carboxylic acids is 2. The number of nitrogens with one attached hydrogen (secondary N) is 2. The second-order valence-corrected chi connectivity index (χ2v) is 8.66. The van der Waals surface area contributed by atoms with E-state index in [2.05, 4.69) is 30.9 Å². The first kappa shape index (κ1) is 22.6. The van der Waals surface area contributed by atoms with Gasteiger partial charge in [0.2, 0.25) is 11.8 Å². The Kier molecular flexibility index (Phi) is 7.50. The van der Waals surface area contributed by atoms with Gasteiger partial charge in [0.15, 0.2) is 11.6 Å². The summed E-state index contributed by atoms with van der Waals surface area (Å²) in [5.41, 5.74) is 0. The fourth-order valence-corrected chi connectivity index (χ4v) is 3.37. The number of nitrogens with zero attached hydrogens (tertiary/aromatic N) is 4. The molecule has 0 saturated heterocycles. The molecule has 0 radical (unpaired) electrons. The Hall–Kier alpha value is -3.08. The van der Waals surface area contributed by atoms with Crippen molar-refractivity contribution in [2.45, 2.75) is 52.4 Å². The second-order valence-electron chi connectivity index (χ2n) is 7.58. The van der Waals surface area contributed by atoms with Crippen molar-refractivity contribution in [1.82, 2.24) is 30.9 Å². The molecular weight excluding hydrogens is 420 g/mol. The molecule has 10 nitrogen and oxygen atoms in total. The zero-order chi connectivity index (χ0) is 22.4. The van der Waals surface area contributed by atoms with Crippen molar-refractivity contribution < 1.29 is 18.6 Å². The van der Waals surface area contributed by atoms with Crippen molar-refractivity contribution in [1.29, 1.82) is 0 Å². The van der Waals surface area contributed by atoms with Gasteiger partial charge in [-0.05, 0) is 12.1 Å². The first-order chi connectivity index (χ1) is 14.8. The van der Waals surface area contributed by atoms with E-state index in [-0.39, 0.29) is 23.7 Å². The Morgan fingerprint density at radius 2 is 1.26 bits per heavy atom. The lowest BCUT2D eigenvalue weighted by molar-refractivity contribution is 0.0950. The highest BCUT2D eigenvalue weighted by molar-refractivity contribution is 7.15. The highest BCUT2D eigenvalue weighted by Crippen LogP contribution is 2.16. The summed E-state index contributed by atoms with van der Waals surface area (Å²) < 4.78 is 10.3. The predicted molar refractivity (Wildman–Crippen MR) is 113 cm³/mol. The van der Waals surface area contributed by atoms with Crippen LogP contribution in [0.25, 0.3) is 0 Å². The van der Waals surface area contributed by atoms with Gasteiger partial charge in [-0.25, -0.2) is 0 Å². The van der Waals surface area contributed by atoms with Gasteiger partial charge in [0.05, 0.1) is 9.75 Å². The molecule has 0 aliphatic rings. The Balaban J connectivity index is 1.42. The summed E-state index contributed by atoms with van der Waals surface area (Å²) in [6, 6.07) is 3.26. The molecule has 166 valence electrons. The van der Waals surface area contributed by atoms with Crippen LogP contribution in [0.15, 0.2) is 21.2 Å².